The molecule has 0 fully saturated rings. The lowest BCUT2D eigenvalue weighted by molar-refractivity contribution is 0.668. The van der Waals surface area contributed by atoms with Crippen LogP contribution in [-0.2, 0) is 0 Å². The summed E-state index contributed by atoms with van der Waals surface area (Å²) in [6.07, 6.45) is 1.53. The minimum atomic E-state index is -0.403. The molecule has 2 aromatic heterocycles. The average molecular weight is 629 g/mol. The number of aliphatic imine (C=N–C) groups is 2. The van der Waals surface area contributed by atoms with Crippen molar-refractivity contribution >= 4 is 65.9 Å². The molecule has 0 aliphatic carbocycles. The monoisotopic (exact) mass is 628 g/mol. The third-order valence-corrected chi connectivity index (χ3v) is 9.53. The summed E-state index contributed by atoms with van der Waals surface area (Å²) in [5.74, 6) is 1.36. The molecule has 0 radical (unpaired) electrons. The van der Waals surface area contributed by atoms with Crippen LogP contribution in [0.5, 0.6) is 0 Å². The summed E-state index contributed by atoms with van der Waals surface area (Å²) in [5.41, 5.74) is 6.23. The molecule has 1 N–H and O–H groups in total. The van der Waals surface area contributed by atoms with Crippen LogP contribution >= 0.6 is 0 Å². The summed E-state index contributed by atoms with van der Waals surface area (Å²) in [6, 6.07) is 52.5. The van der Waals surface area contributed by atoms with Gasteiger partial charge in [0.15, 0.2) is 11.4 Å². The van der Waals surface area contributed by atoms with Crippen LogP contribution in [0.15, 0.2) is 172 Å². The molecule has 1 unspecified atom stereocenters. The van der Waals surface area contributed by atoms with Gasteiger partial charge in [-0.15, -0.1) is 0 Å². The molecule has 0 saturated heterocycles. The van der Waals surface area contributed by atoms with E-state index in [1.54, 1.807) is 0 Å². The van der Waals surface area contributed by atoms with Gasteiger partial charge in [0, 0.05) is 39.2 Å². The number of fused-ring (bicyclic) bond motifs is 7. The van der Waals surface area contributed by atoms with Crippen molar-refractivity contribution in [3.05, 3.63) is 175 Å². The summed E-state index contributed by atoms with van der Waals surface area (Å²) in [6.45, 7) is 0. The Balaban J connectivity index is 1.24. The lowest BCUT2D eigenvalue weighted by Gasteiger charge is -2.25. The van der Waals surface area contributed by atoms with E-state index in [9.17, 15) is 0 Å². The predicted molar refractivity (Wildman–Crippen MR) is 201 cm³/mol. The zero-order chi connectivity index (χ0) is 32.3. The van der Waals surface area contributed by atoms with Crippen molar-refractivity contribution in [2.75, 3.05) is 0 Å². The zero-order valence-electron chi connectivity index (χ0n) is 26.3. The van der Waals surface area contributed by atoms with Crippen molar-refractivity contribution in [1.29, 1.82) is 0 Å². The number of hydrogen-bond acceptors (Lipinski definition) is 5. The molecule has 0 bridgehead atoms. The van der Waals surface area contributed by atoms with Gasteiger partial charge in [-0.25, -0.2) is 9.98 Å². The van der Waals surface area contributed by atoms with E-state index in [0.717, 1.165) is 66.0 Å². The van der Waals surface area contributed by atoms with Crippen LogP contribution in [-0.4, -0.2) is 16.7 Å². The lowest BCUT2D eigenvalue weighted by Crippen LogP contribution is -2.34. The number of aromatic nitrogens is 1. The van der Waals surface area contributed by atoms with Crippen LogP contribution in [0.25, 0.3) is 65.5 Å². The van der Waals surface area contributed by atoms with Gasteiger partial charge in [-0.2, -0.15) is 0 Å². The lowest BCUT2D eigenvalue weighted by atomic mass is 9.95. The van der Waals surface area contributed by atoms with Crippen molar-refractivity contribution in [3.8, 4) is 11.3 Å². The highest BCUT2D eigenvalue weighted by atomic mass is 16.3. The Morgan fingerprint density at radius 2 is 1.18 bits per heavy atom. The Morgan fingerprint density at radius 3 is 1.96 bits per heavy atom. The van der Waals surface area contributed by atoms with Crippen LogP contribution in [0.2, 0.25) is 0 Å². The predicted octanol–water partition coefficient (Wildman–Crippen LogP) is 10.6. The van der Waals surface area contributed by atoms with Crippen LogP contribution in [0.1, 0.15) is 22.9 Å². The van der Waals surface area contributed by atoms with Gasteiger partial charge in [-0.3, -0.25) is 4.98 Å². The molecular formula is C44H28N4O. The quantitative estimate of drug-likeness (QED) is 0.197. The Morgan fingerprint density at radius 1 is 0.551 bits per heavy atom. The first-order valence-corrected chi connectivity index (χ1v) is 16.5. The van der Waals surface area contributed by atoms with E-state index in [1.165, 1.54) is 16.2 Å². The minimum absolute atomic E-state index is 0.403. The van der Waals surface area contributed by atoms with Crippen molar-refractivity contribution in [3.63, 3.8) is 0 Å². The van der Waals surface area contributed by atoms with E-state index in [-0.39, 0.29) is 0 Å². The number of nitrogens with zero attached hydrogens (tertiary/aromatic N) is 3. The average Bonchev–Trinajstić information content (AvgIpc) is 3.55. The highest BCUT2D eigenvalue weighted by molar-refractivity contribution is 6.24. The molecule has 3 heterocycles. The van der Waals surface area contributed by atoms with Crippen LogP contribution < -0.4 is 5.32 Å². The number of amidine groups is 2. The van der Waals surface area contributed by atoms with Gasteiger partial charge in [0.1, 0.15) is 23.3 Å². The molecule has 0 spiro atoms. The maximum Gasteiger partial charge on any atom is 0.162 e. The van der Waals surface area contributed by atoms with E-state index in [0.29, 0.717) is 11.7 Å². The molecule has 0 amide bonds. The first-order chi connectivity index (χ1) is 24.3. The van der Waals surface area contributed by atoms with E-state index in [1.807, 2.05) is 42.6 Å². The van der Waals surface area contributed by atoms with E-state index >= 15 is 0 Å². The maximum atomic E-state index is 6.73. The van der Waals surface area contributed by atoms with Gasteiger partial charge >= 0.3 is 0 Å². The maximum absolute atomic E-state index is 6.73. The van der Waals surface area contributed by atoms with Crippen molar-refractivity contribution in [2.45, 2.75) is 6.17 Å². The number of nitrogens with one attached hydrogen (secondary N) is 1. The summed E-state index contributed by atoms with van der Waals surface area (Å²) < 4.78 is 6.73. The molecule has 1 aliphatic rings. The Kier molecular flexibility index (Phi) is 6.18. The van der Waals surface area contributed by atoms with E-state index < -0.39 is 6.17 Å². The van der Waals surface area contributed by atoms with E-state index in [2.05, 4.69) is 121 Å². The number of rotatable bonds is 4. The third-order valence-electron chi connectivity index (χ3n) is 9.53. The van der Waals surface area contributed by atoms with Crippen molar-refractivity contribution in [2.24, 2.45) is 9.98 Å². The van der Waals surface area contributed by atoms with Crippen molar-refractivity contribution in [1.82, 2.24) is 10.3 Å². The smallest absolute Gasteiger partial charge is 0.162 e. The molecule has 230 valence electrons. The highest BCUT2D eigenvalue weighted by Gasteiger charge is 2.27. The van der Waals surface area contributed by atoms with Gasteiger partial charge < -0.3 is 9.73 Å². The first-order valence-electron chi connectivity index (χ1n) is 16.5. The zero-order valence-corrected chi connectivity index (χ0v) is 26.3. The first kappa shape index (κ1) is 27.5. The van der Waals surface area contributed by atoms with Gasteiger partial charge in [-0.05, 0) is 50.5 Å². The summed E-state index contributed by atoms with van der Waals surface area (Å²) in [5, 5.41) is 12.8. The largest absolute Gasteiger partial charge is 0.454 e. The number of pyridine rings is 1. The van der Waals surface area contributed by atoms with Crippen LogP contribution in [0, 0.1) is 0 Å². The second-order valence-electron chi connectivity index (χ2n) is 12.4. The minimum Gasteiger partial charge on any atom is -0.454 e. The highest BCUT2D eigenvalue weighted by Crippen LogP contribution is 2.40. The molecular weight excluding hydrogens is 601 g/mol. The fourth-order valence-corrected chi connectivity index (χ4v) is 7.22. The molecule has 1 atom stereocenters. The van der Waals surface area contributed by atoms with E-state index in [4.69, 9.17) is 19.4 Å². The van der Waals surface area contributed by atoms with Crippen molar-refractivity contribution < 1.29 is 4.42 Å². The molecule has 5 nitrogen and oxygen atoms in total. The number of furan rings is 1. The Labute approximate surface area is 281 Å². The molecule has 7 aromatic carbocycles. The third kappa shape index (κ3) is 4.51. The normalized spacial score (nSPS) is 14.7. The van der Waals surface area contributed by atoms with Gasteiger partial charge in [0.2, 0.25) is 0 Å². The fraction of sp³-hybridized carbons (Fsp3) is 0.0227. The molecule has 1 aliphatic heterocycles. The fourth-order valence-electron chi connectivity index (χ4n) is 7.22. The second-order valence-corrected chi connectivity index (χ2v) is 12.4. The molecule has 0 saturated carbocycles. The Bertz CT molecular complexity index is 2800. The SMILES string of the molecule is c1ccc(C2=NC(c3cc4ccccc4c4ccccc34)NC(c3cnc(-c4ccccc4)c4oc5cc6ccccc6cc5c34)=N2)cc1. The number of benzene rings is 7. The number of hydrogen-bond donors (Lipinski definition) is 1. The summed E-state index contributed by atoms with van der Waals surface area (Å²) >= 11 is 0. The molecule has 49 heavy (non-hydrogen) atoms. The second kappa shape index (κ2) is 11.0. The molecule has 10 rings (SSSR count). The van der Waals surface area contributed by atoms with Crippen LogP contribution in [0.3, 0.4) is 0 Å². The standard InChI is InChI=1S/C44H28N4O/c1-3-13-27(14-4-1)40-41-39(36-23-29-17-7-8-18-30(29)25-38(36)49-41)37(26-45-40)44-47-42(28-15-5-2-6-16-28)46-43(48-44)35-24-31-19-9-10-20-32(31)33-21-11-12-22-34(33)35/h1-26,43H,(H,46,47,48). The van der Waals surface area contributed by atoms with Gasteiger partial charge in [0.25, 0.3) is 0 Å². The molecule has 5 heteroatoms. The topological polar surface area (TPSA) is 62.8 Å². The van der Waals surface area contributed by atoms with Gasteiger partial charge in [-0.1, -0.05) is 133 Å². The summed E-state index contributed by atoms with van der Waals surface area (Å²) in [7, 11) is 0. The van der Waals surface area contributed by atoms with Crippen LogP contribution in [0.4, 0.5) is 0 Å². The van der Waals surface area contributed by atoms with Gasteiger partial charge in [0.05, 0.1) is 0 Å². The molecule has 9 aromatic rings. The summed E-state index contributed by atoms with van der Waals surface area (Å²) in [4.78, 5) is 15.5. The Hall–Kier alpha value is -6.59.